The zero-order chi connectivity index (χ0) is 20.8. The van der Waals surface area contributed by atoms with Crippen molar-refractivity contribution in [2.75, 3.05) is 0 Å². The molecule has 2 N–H and O–H groups in total. The molecule has 0 saturated carbocycles. The van der Waals surface area contributed by atoms with Gasteiger partial charge in [-0.25, -0.2) is 0 Å². The third-order valence-corrected chi connectivity index (χ3v) is 5.19. The highest BCUT2D eigenvalue weighted by Crippen LogP contribution is 2.35. The monoisotopic (exact) mass is 387 g/mol. The van der Waals surface area contributed by atoms with Gasteiger partial charge in [-0.1, -0.05) is 48.5 Å². The molecule has 0 atom stereocenters. The quantitative estimate of drug-likeness (QED) is 0.477. The fourth-order valence-corrected chi connectivity index (χ4v) is 3.41. The van der Waals surface area contributed by atoms with Gasteiger partial charge in [0.1, 0.15) is 11.3 Å². The van der Waals surface area contributed by atoms with Gasteiger partial charge in [-0.3, -0.25) is 4.98 Å². The van der Waals surface area contributed by atoms with E-state index in [2.05, 4.69) is 4.98 Å². The summed E-state index contributed by atoms with van der Waals surface area (Å²) >= 11 is 0. The maximum Gasteiger partial charge on any atom is 0.161 e. The SMILES string of the molecule is CC(C)(O)c1ccc(-c2cc3nccc(-c4ccc(C(C)(C)O)cc4)c3o2)cc1. The van der Waals surface area contributed by atoms with Crippen LogP contribution in [0.2, 0.25) is 0 Å². The van der Waals surface area contributed by atoms with Gasteiger partial charge in [-0.05, 0) is 50.5 Å². The van der Waals surface area contributed by atoms with Crippen molar-refractivity contribution in [3.63, 3.8) is 0 Å². The summed E-state index contributed by atoms with van der Waals surface area (Å²) in [4.78, 5) is 4.45. The Hall–Kier alpha value is -2.95. The third-order valence-electron chi connectivity index (χ3n) is 5.19. The first-order valence-electron chi connectivity index (χ1n) is 9.68. The Morgan fingerprint density at radius 2 is 1.24 bits per heavy atom. The van der Waals surface area contributed by atoms with Crippen molar-refractivity contribution in [1.29, 1.82) is 0 Å². The minimum Gasteiger partial charge on any atom is -0.454 e. The average molecular weight is 387 g/mol. The molecule has 4 nitrogen and oxygen atoms in total. The topological polar surface area (TPSA) is 66.5 Å². The van der Waals surface area contributed by atoms with Crippen LogP contribution in [-0.4, -0.2) is 15.2 Å². The molecule has 0 radical (unpaired) electrons. The standard InChI is InChI=1S/C25H25NO3/c1-24(2,27)18-9-5-16(6-10-18)20-13-14-26-21-15-22(29-23(20)21)17-7-11-19(12-8-17)25(3,4)28/h5-15,27-28H,1-4H3. The van der Waals surface area contributed by atoms with Crippen molar-refractivity contribution in [1.82, 2.24) is 4.98 Å². The minimum absolute atomic E-state index is 0.727. The molecule has 0 aliphatic rings. The number of hydrogen-bond acceptors (Lipinski definition) is 4. The molecule has 2 heterocycles. The number of furan rings is 1. The lowest BCUT2D eigenvalue weighted by atomic mass is 9.95. The largest absolute Gasteiger partial charge is 0.454 e. The molecule has 0 aliphatic heterocycles. The Morgan fingerprint density at radius 3 is 1.76 bits per heavy atom. The first-order chi connectivity index (χ1) is 13.6. The van der Waals surface area contributed by atoms with Crippen LogP contribution < -0.4 is 0 Å². The van der Waals surface area contributed by atoms with E-state index in [9.17, 15) is 10.2 Å². The molecule has 29 heavy (non-hydrogen) atoms. The summed E-state index contributed by atoms with van der Waals surface area (Å²) in [6.07, 6.45) is 1.78. The zero-order valence-corrected chi connectivity index (χ0v) is 17.1. The molecule has 2 aromatic carbocycles. The number of pyridine rings is 1. The normalized spacial score (nSPS) is 12.5. The van der Waals surface area contributed by atoms with Crippen molar-refractivity contribution in [3.8, 4) is 22.5 Å². The van der Waals surface area contributed by atoms with Crippen molar-refractivity contribution >= 4 is 11.1 Å². The van der Waals surface area contributed by atoms with E-state index in [1.807, 2.05) is 60.7 Å². The van der Waals surface area contributed by atoms with Crippen LogP contribution in [0.1, 0.15) is 38.8 Å². The fraction of sp³-hybridized carbons (Fsp3) is 0.240. The highest BCUT2D eigenvalue weighted by Gasteiger charge is 2.18. The number of aliphatic hydroxyl groups is 2. The number of nitrogens with zero attached hydrogens (tertiary/aromatic N) is 1. The first kappa shape index (κ1) is 19.4. The van der Waals surface area contributed by atoms with Crippen LogP contribution in [-0.2, 0) is 11.2 Å². The molecule has 0 bridgehead atoms. The zero-order valence-electron chi connectivity index (χ0n) is 17.1. The fourth-order valence-electron chi connectivity index (χ4n) is 3.41. The third kappa shape index (κ3) is 3.82. The van der Waals surface area contributed by atoms with E-state index >= 15 is 0 Å². The summed E-state index contributed by atoms with van der Waals surface area (Å²) in [5, 5.41) is 20.3. The summed E-state index contributed by atoms with van der Waals surface area (Å²) in [5.41, 5.74) is 4.36. The van der Waals surface area contributed by atoms with Crippen LogP contribution in [0.15, 0.2) is 71.3 Å². The Morgan fingerprint density at radius 1 is 0.724 bits per heavy atom. The molecule has 0 spiro atoms. The van der Waals surface area contributed by atoms with Gasteiger partial charge in [0, 0.05) is 23.4 Å². The molecule has 148 valence electrons. The summed E-state index contributed by atoms with van der Waals surface area (Å²) in [6.45, 7) is 7.08. The lowest BCUT2D eigenvalue weighted by molar-refractivity contribution is 0.0780. The Kier molecular flexibility index (Phi) is 4.56. The smallest absolute Gasteiger partial charge is 0.161 e. The van der Waals surface area contributed by atoms with Gasteiger partial charge < -0.3 is 14.6 Å². The van der Waals surface area contributed by atoms with Crippen LogP contribution in [0.5, 0.6) is 0 Å². The first-order valence-corrected chi connectivity index (χ1v) is 9.68. The van der Waals surface area contributed by atoms with Gasteiger partial charge in [0.15, 0.2) is 5.58 Å². The van der Waals surface area contributed by atoms with Crippen LogP contribution in [0, 0.1) is 0 Å². The highest BCUT2D eigenvalue weighted by molar-refractivity contribution is 5.92. The molecule has 0 aliphatic carbocycles. The summed E-state index contributed by atoms with van der Waals surface area (Å²) in [6, 6.07) is 19.4. The second-order valence-corrected chi connectivity index (χ2v) is 8.46. The number of fused-ring (bicyclic) bond motifs is 1. The van der Waals surface area contributed by atoms with E-state index in [0.29, 0.717) is 0 Å². The van der Waals surface area contributed by atoms with Gasteiger partial charge in [0.25, 0.3) is 0 Å². The Balaban J connectivity index is 1.74. The van der Waals surface area contributed by atoms with Gasteiger partial charge in [0.05, 0.1) is 11.2 Å². The lowest BCUT2D eigenvalue weighted by Crippen LogP contribution is -2.14. The molecule has 2 aromatic heterocycles. The predicted molar refractivity (Wildman–Crippen MR) is 115 cm³/mol. The molecular formula is C25H25NO3. The minimum atomic E-state index is -0.879. The van der Waals surface area contributed by atoms with Crippen molar-refractivity contribution < 1.29 is 14.6 Å². The van der Waals surface area contributed by atoms with E-state index in [1.54, 1.807) is 33.9 Å². The number of benzene rings is 2. The predicted octanol–water partition coefficient (Wildman–Crippen LogP) is 5.62. The summed E-state index contributed by atoms with van der Waals surface area (Å²) in [5.74, 6) is 0.732. The molecule has 4 aromatic rings. The summed E-state index contributed by atoms with van der Waals surface area (Å²) < 4.78 is 6.19. The van der Waals surface area contributed by atoms with E-state index in [4.69, 9.17) is 4.42 Å². The van der Waals surface area contributed by atoms with Gasteiger partial charge >= 0.3 is 0 Å². The molecule has 0 unspecified atom stereocenters. The number of hydrogen-bond donors (Lipinski definition) is 2. The van der Waals surface area contributed by atoms with E-state index in [0.717, 1.165) is 44.7 Å². The van der Waals surface area contributed by atoms with Crippen molar-refractivity contribution in [3.05, 3.63) is 78.0 Å². The average Bonchev–Trinajstić information content (AvgIpc) is 3.11. The molecule has 0 amide bonds. The second-order valence-electron chi connectivity index (χ2n) is 8.46. The number of rotatable bonds is 4. The van der Waals surface area contributed by atoms with Crippen molar-refractivity contribution in [2.24, 2.45) is 0 Å². The number of aromatic nitrogens is 1. The molecular weight excluding hydrogens is 362 g/mol. The van der Waals surface area contributed by atoms with Gasteiger partial charge in [-0.15, -0.1) is 0 Å². The van der Waals surface area contributed by atoms with E-state index in [1.165, 1.54) is 0 Å². The van der Waals surface area contributed by atoms with Crippen LogP contribution in [0.3, 0.4) is 0 Å². The van der Waals surface area contributed by atoms with Crippen LogP contribution >= 0.6 is 0 Å². The summed E-state index contributed by atoms with van der Waals surface area (Å²) in [7, 11) is 0. The van der Waals surface area contributed by atoms with E-state index in [-0.39, 0.29) is 0 Å². The molecule has 0 saturated heterocycles. The van der Waals surface area contributed by atoms with Crippen LogP contribution in [0.4, 0.5) is 0 Å². The maximum atomic E-state index is 10.2. The Bertz CT molecular complexity index is 1140. The van der Waals surface area contributed by atoms with Gasteiger partial charge in [-0.2, -0.15) is 0 Å². The molecule has 0 fully saturated rings. The lowest BCUT2D eigenvalue weighted by Gasteiger charge is -2.18. The molecule has 4 rings (SSSR count). The van der Waals surface area contributed by atoms with Crippen LogP contribution in [0.25, 0.3) is 33.6 Å². The molecule has 4 heteroatoms. The van der Waals surface area contributed by atoms with E-state index < -0.39 is 11.2 Å². The van der Waals surface area contributed by atoms with Crippen molar-refractivity contribution in [2.45, 2.75) is 38.9 Å². The highest BCUT2D eigenvalue weighted by atomic mass is 16.3. The second kappa shape index (κ2) is 6.83. The van der Waals surface area contributed by atoms with Gasteiger partial charge in [0.2, 0.25) is 0 Å². The Labute approximate surface area is 170 Å². The maximum absolute atomic E-state index is 10.2.